The fraction of sp³-hybridized carbons (Fsp3) is 0.545. The summed E-state index contributed by atoms with van der Waals surface area (Å²) in [5.41, 5.74) is 0. The molecule has 1 saturated heterocycles. The lowest BCUT2D eigenvalue weighted by atomic mass is 10.2. The minimum absolute atomic E-state index is 0.0568. The molecule has 1 aromatic heterocycles. The first-order chi connectivity index (χ1) is 9.71. The molecule has 118 valence electrons. The molecule has 0 saturated carbocycles. The van der Waals surface area contributed by atoms with Crippen molar-refractivity contribution in [3.8, 4) is 0 Å². The summed E-state index contributed by atoms with van der Waals surface area (Å²) in [5, 5.41) is 4.20. The second-order valence-electron chi connectivity index (χ2n) is 4.86. The lowest BCUT2D eigenvalue weighted by Gasteiger charge is -2.17. The molecule has 2 heterocycles. The van der Waals surface area contributed by atoms with Crippen molar-refractivity contribution in [1.29, 1.82) is 0 Å². The van der Waals surface area contributed by atoms with Gasteiger partial charge in [0.1, 0.15) is 4.21 Å². The van der Waals surface area contributed by atoms with Crippen LogP contribution in [0.1, 0.15) is 6.42 Å². The largest absolute Gasteiger partial charge is 0.351 e. The summed E-state index contributed by atoms with van der Waals surface area (Å²) in [6.45, 7) is -0.337. The van der Waals surface area contributed by atoms with Gasteiger partial charge in [0.2, 0.25) is 5.91 Å². The van der Waals surface area contributed by atoms with E-state index < -0.39 is 31.8 Å². The molecule has 1 atom stereocenters. The minimum atomic E-state index is -3.67. The topological polar surface area (TPSA) is 101 Å². The maximum atomic E-state index is 12.1. The quantitative estimate of drug-likeness (QED) is 0.782. The molecule has 7 nitrogen and oxygen atoms in total. The number of amides is 1. The number of sulfonamides is 1. The van der Waals surface area contributed by atoms with Gasteiger partial charge in [0.05, 0.1) is 18.1 Å². The van der Waals surface area contributed by atoms with E-state index in [1.807, 2.05) is 0 Å². The van der Waals surface area contributed by atoms with Crippen LogP contribution in [-0.2, 0) is 24.7 Å². The van der Waals surface area contributed by atoms with Gasteiger partial charge in [0, 0.05) is 13.1 Å². The molecule has 0 radical (unpaired) electrons. The molecule has 1 amide bonds. The lowest BCUT2D eigenvalue weighted by molar-refractivity contribution is -0.121. The number of thiophene rings is 1. The van der Waals surface area contributed by atoms with Gasteiger partial charge in [-0.2, -0.15) is 4.31 Å². The molecule has 1 fully saturated rings. The van der Waals surface area contributed by atoms with Crippen LogP contribution in [0.5, 0.6) is 0 Å². The zero-order chi connectivity index (χ0) is 15.7. The van der Waals surface area contributed by atoms with E-state index in [-0.39, 0.29) is 22.3 Å². The Balaban J connectivity index is 1.94. The monoisotopic (exact) mass is 352 g/mol. The minimum Gasteiger partial charge on any atom is -0.351 e. The zero-order valence-electron chi connectivity index (χ0n) is 11.4. The van der Waals surface area contributed by atoms with Gasteiger partial charge in [-0.1, -0.05) is 6.07 Å². The molecule has 0 aromatic carbocycles. The van der Waals surface area contributed by atoms with Crippen molar-refractivity contribution in [2.45, 2.75) is 16.7 Å². The summed E-state index contributed by atoms with van der Waals surface area (Å²) in [6.07, 6.45) is 0.370. The summed E-state index contributed by atoms with van der Waals surface area (Å²) in [7, 11) is -5.43. The third-order valence-corrected chi connectivity index (χ3v) is 8.07. The molecular weight excluding hydrogens is 336 g/mol. The first-order valence-electron chi connectivity index (χ1n) is 6.20. The molecule has 1 aliphatic rings. The number of hydrogen-bond donors (Lipinski definition) is 1. The zero-order valence-corrected chi connectivity index (χ0v) is 13.8. The van der Waals surface area contributed by atoms with E-state index in [0.717, 1.165) is 15.6 Å². The van der Waals surface area contributed by atoms with Crippen molar-refractivity contribution in [2.75, 3.05) is 25.1 Å². The Kier molecular flexibility index (Phi) is 4.71. The SMILES string of the molecule is CN(CC(=O)N[C@@H]1CCS(=O)(=O)C1)S(=O)(=O)c1cccs1. The number of nitrogens with zero attached hydrogens (tertiary/aromatic N) is 1. The summed E-state index contributed by atoms with van der Waals surface area (Å²) in [4.78, 5) is 11.8. The Morgan fingerprint density at radius 2 is 2.24 bits per heavy atom. The highest BCUT2D eigenvalue weighted by Crippen LogP contribution is 2.19. The summed E-state index contributed by atoms with van der Waals surface area (Å²) in [6, 6.07) is 2.66. The highest BCUT2D eigenvalue weighted by Gasteiger charge is 2.30. The van der Waals surface area contributed by atoms with E-state index in [0.29, 0.717) is 6.42 Å². The maximum Gasteiger partial charge on any atom is 0.252 e. The van der Waals surface area contributed by atoms with Gasteiger partial charge < -0.3 is 5.32 Å². The summed E-state index contributed by atoms with van der Waals surface area (Å²) in [5.74, 6) is -0.527. The van der Waals surface area contributed by atoms with Crippen molar-refractivity contribution < 1.29 is 21.6 Å². The molecule has 0 unspecified atom stereocenters. The molecule has 1 N–H and O–H groups in total. The van der Waals surface area contributed by atoms with Crippen LogP contribution in [-0.4, -0.2) is 58.2 Å². The number of sulfone groups is 1. The van der Waals surface area contributed by atoms with Gasteiger partial charge in [-0.25, -0.2) is 16.8 Å². The van der Waals surface area contributed by atoms with Gasteiger partial charge in [-0.15, -0.1) is 11.3 Å². The average molecular weight is 352 g/mol. The van der Waals surface area contributed by atoms with Crippen molar-refractivity contribution in [3.63, 3.8) is 0 Å². The Bertz CT molecular complexity index is 709. The normalized spacial score (nSPS) is 21.5. The van der Waals surface area contributed by atoms with Gasteiger partial charge >= 0.3 is 0 Å². The van der Waals surface area contributed by atoms with Crippen molar-refractivity contribution in [3.05, 3.63) is 17.5 Å². The second kappa shape index (κ2) is 6.03. The second-order valence-corrected chi connectivity index (χ2v) is 10.3. The third kappa shape index (κ3) is 4.02. The lowest BCUT2D eigenvalue weighted by Crippen LogP contribution is -2.43. The Morgan fingerprint density at radius 3 is 2.76 bits per heavy atom. The van der Waals surface area contributed by atoms with Gasteiger partial charge in [0.15, 0.2) is 9.84 Å². The van der Waals surface area contributed by atoms with E-state index in [2.05, 4.69) is 5.32 Å². The summed E-state index contributed by atoms with van der Waals surface area (Å²) >= 11 is 1.08. The van der Waals surface area contributed by atoms with E-state index in [4.69, 9.17) is 0 Å². The smallest absolute Gasteiger partial charge is 0.252 e. The molecule has 1 aliphatic heterocycles. The van der Waals surface area contributed by atoms with Crippen LogP contribution in [0.15, 0.2) is 21.7 Å². The number of rotatable bonds is 5. The Hall–Kier alpha value is -0.970. The molecule has 0 aliphatic carbocycles. The van der Waals surface area contributed by atoms with Gasteiger partial charge in [-0.05, 0) is 17.9 Å². The third-order valence-electron chi connectivity index (χ3n) is 3.12. The number of carbonyl (C=O) groups excluding carboxylic acids is 1. The van der Waals surface area contributed by atoms with Gasteiger partial charge in [-0.3, -0.25) is 4.79 Å². The molecule has 1 aromatic rings. The highest BCUT2D eigenvalue weighted by molar-refractivity contribution is 7.91. The first kappa shape index (κ1) is 16.4. The van der Waals surface area contributed by atoms with E-state index in [1.165, 1.54) is 13.1 Å². The molecule has 21 heavy (non-hydrogen) atoms. The molecule has 2 rings (SSSR count). The average Bonchev–Trinajstić information content (AvgIpc) is 2.98. The Morgan fingerprint density at radius 1 is 1.52 bits per heavy atom. The Labute approximate surface area is 127 Å². The molecular formula is C11H16N2O5S3. The van der Waals surface area contributed by atoms with Crippen LogP contribution >= 0.6 is 11.3 Å². The van der Waals surface area contributed by atoms with Crippen LogP contribution in [0.2, 0.25) is 0 Å². The number of carbonyl (C=O) groups is 1. The van der Waals surface area contributed by atoms with Crippen LogP contribution in [0.4, 0.5) is 0 Å². The molecule has 0 bridgehead atoms. The van der Waals surface area contributed by atoms with E-state index in [1.54, 1.807) is 11.4 Å². The van der Waals surface area contributed by atoms with E-state index >= 15 is 0 Å². The maximum absolute atomic E-state index is 12.1. The van der Waals surface area contributed by atoms with Crippen LogP contribution in [0.3, 0.4) is 0 Å². The predicted octanol–water partition coefficient (Wildman–Crippen LogP) is -0.328. The van der Waals surface area contributed by atoms with Crippen LogP contribution < -0.4 is 5.32 Å². The van der Waals surface area contributed by atoms with Gasteiger partial charge in [0.25, 0.3) is 10.0 Å². The number of nitrogens with one attached hydrogen (secondary N) is 1. The molecule has 0 spiro atoms. The van der Waals surface area contributed by atoms with Crippen molar-refractivity contribution >= 4 is 37.1 Å². The fourth-order valence-corrected chi connectivity index (χ4v) is 6.03. The predicted molar refractivity (Wildman–Crippen MR) is 79.3 cm³/mol. The van der Waals surface area contributed by atoms with Crippen molar-refractivity contribution in [1.82, 2.24) is 9.62 Å². The van der Waals surface area contributed by atoms with Crippen LogP contribution in [0.25, 0.3) is 0 Å². The first-order valence-corrected chi connectivity index (χ1v) is 10.3. The number of likely N-dealkylation sites (N-methyl/N-ethyl adjacent to an activating group) is 1. The molecule has 10 heteroatoms. The highest BCUT2D eigenvalue weighted by atomic mass is 32.2. The number of hydrogen-bond acceptors (Lipinski definition) is 6. The van der Waals surface area contributed by atoms with Crippen molar-refractivity contribution in [2.24, 2.45) is 0 Å². The van der Waals surface area contributed by atoms with Crippen LogP contribution in [0, 0.1) is 0 Å². The van der Waals surface area contributed by atoms with E-state index in [9.17, 15) is 21.6 Å². The fourth-order valence-electron chi connectivity index (χ4n) is 2.03. The standard InChI is InChI=1S/C11H16N2O5S3/c1-13(21(17,18)11-3-2-5-19-11)7-10(14)12-9-4-6-20(15,16)8-9/h2-3,5,9H,4,6-8H2,1H3,(H,12,14)/t9-/m1/s1. The summed E-state index contributed by atoms with van der Waals surface area (Å²) < 4.78 is 48.0.